The van der Waals surface area contributed by atoms with Crippen molar-refractivity contribution in [1.82, 2.24) is 5.32 Å². The Morgan fingerprint density at radius 1 is 0.889 bits per heavy atom. The second kappa shape index (κ2) is 10.3. The number of nitrogens with one attached hydrogen (secondary N) is 1. The minimum absolute atomic E-state index is 0.436. The van der Waals surface area contributed by atoms with E-state index in [-0.39, 0.29) is 0 Å². The van der Waals surface area contributed by atoms with E-state index >= 15 is 0 Å². The van der Waals surface area contributed by atoms with Gasteiger partial charge in [-0.05, 0) is 49.1 Å². The van der Waals surface area contributed by atoms with E-state index in [9.17, 15) is 0 Å². The molecule has 0 aliphatic carbocycles. The van der Waals surface area contributed by atoms with Gasteiger partial charge in [-0.15, -0.1) is 0 Å². The summed E-state index contributed by atoms with van der Waals surface area (Å²) in [5.41, 5.74) is 3.74. The van der Waals surface area contributed by atoms with E-state index in [1.807, 2.05) is 30.3 Å². The van der Waals surface area contributed by atoms with Crippen LogP contribution in [0.2, 0.25) is 0 Å². The molecular formula is C24H26BrNO. The molecular weight excluding hydrogens is 398 g/mol. The van der Waals surface area contributed by atoms with Gasteiger partial charge in [-0.3, -0.25) is 0 Å². The third kappa shape index (κ3) is 6.53. The van der Waals surface area contributed by atoms with E-state index in [1.54, 1.807) is 0 Å². The van der Waals surface area contributed by atoms with Crippen molar-refractivity contribution in [3.05, 3.63) is 100 Å². The summed E-state index contributed by atoms with van der Waals surface area (Å²) in [6.07, 6.45) is 2.20. The van der Waals surface area contributed by atoms with Gasteiger partial charge < -0.3 is 10.1 Å². The Balaban J connectivity index is 1.54. The van der Waals surface area contributed by atoms with Gasteiger partial charge in [0.2, 0.25) is 0 Å². The quantitative estimate of drug-likeness (QED) is 0.446. The van der Waals surface area contributed by atoms with E-state index in [0.29, 0.717) is 12.6 Å². The van der Waals surface area contributed by atoms with Crippen LogP contribution in [-0.4, -0.2) is 6.04 Å². The van der Waals surface area contributed by atoms with Gasteiger partial charge in [0, 0.05) is 22.6 Å². The maximum atomic E-state index is 6.08. The van der Waals surface area contributed by atoms with Crippen molar-refractivity contribution in [2.24, 2.45) is 0 Å². The normalized spacial score (nSPS) is 11.9. The topological polar surface area (TPSA) is 21.3 Å². The summed E-state index contributed by atoms with van der Waals surface area (Å²) < 4.78 is 7.15. The molecule has 3 rings (SSSR count). The van der Waals surface area contributed by atoms with Crippen molar-refractivity contribution in [2.75, 3.05) is 0 Å². The number of aryl methyl sites for hydroxylation is 1. The lowest BCUT2D eigenvalue weighted by Gasteiger charge is -2.17. The Bertz CT molecular complexity index is 820. The summed E-state index contributed by atoms with van der Waals surface area (Å²) >= 11 is 3.58. The molecule has 0 radical (unpaired) electrons. The number of hydrogen-bond acceptors (Lipinski definition) is 2. The van der Waals surface area contributed by atoms with Crippen LogP contribution in [0.3, 0.4) is 0 Å². The standard InChI is InChI=1S/C24H26BrNO/c1-19(12-13-20-8-4-2-5-9-20)26-17-22-16-23(25)14-15-24(22)27-18-21-10-6-3-7-11-21/h2-11,14-16,19,26H,12-13,17-18H2,1H3/t19-/m0/s1. The molecule has 140 valence electrons. The fourth-order valence-corrected chi connectivity index (χ4v) is 3.38. The van der Waals surface area contributed by atoms with Crippen LogP contribution in [0.15, 0.2) is 83.3 Å². The van der Waals surface area contributed by atoms with E-state index in [4.69, 9.17) is 4.74 Å². The number of benzene rings is 3. The molecule has 3 heteroatoms. The van der Waals surface area contributed by atoms with Crippen LogP contribution in [0.4, 0.5) is 0 Å². The van der Waals surface area contributed by atoms with E-state index in [1.165, 1.54) is 16.7 Å². The highest BCUT2D eigenvalue weighted by Gasteiger charge is 2.08. The minimum atomic E-state index is 0.436. The van der Waals surface area contributed by atoms with Gasteiger partial charge in [0.05, 0.1) is 0 Å². The zero-order valence-corrected chi connectivity index (χ0v) is 17.3. The highest BCUT2D eigenvalue weighted by Crippen LogP contribution is 2.24. The molecule has 0 unspecified atom stereocenters. The monoisotopic (exact) mass is 423 g/mol. The first-order valence-electron chi connectivity index (χ1n) is 9.43. The summed E-state index contributed by atoms with van der Waals surface area (Å²) in [5.74, 6) is 0.935. The third-order valence-electron chi connectivity index (χ3n) is 4.61. The summed E-state index contributed by atoms with van der Waals surface area (Å²) in [4.78, 5) is 0. The van der Waals surface area contributed by atoms with Crippen LogP contribution in [0.5, 0.6) is 5.75 Å². The van der Waals surface area contributed by atoms with Gasteiger partial charge in [0.25, 0.3) is 0 Å². The summed E-state index contributed by atoms with van der Waals surface area (Å²) in [6, 6.07) is 27.6. The zero-order valence-electron chi connectivity index (χ0n) is 15.7. The largest absolute Gasteiger partial charge is 0.489 e. The van der Waals surface area contributed by atoms with Gasteiger partial charge >= 0.3 is 0 Å². The molecule has 27 heavy (non-hydrogen) atoms. The van der Waals surface area contributed by atoms with Crippen molar-refractivity contribution in [1.29, 1.82) is 0 Å². The Morgan fingerprint density at radius 2 is 1.56 bits per heavy atom. The Hall–Kier alpha value is -2.10. The van der Waals surface area contributed by atoms with Crippen LogP contribution < -0.4 is 10.1 Å². The van der Waals surface area contributed by atoms with E-state index in [0.717, 1.165) is 29.6 Å². The minimum Gasteiger partial charge on any atom is -0.489 e. The van der Waals surface area contributed by atoms with Gasteiger partial charge in [-0.25, -0.2) is 0 Å². The van der Waals surface area contributed by atoms with Crippen LogP contribution >= 0.6 is 15.9 Å². The Kier molecular flexibility index (Phi) is 7.49. The lowest BCUT2D eigenvalue weighted by molar-refractivity contribution is 0.301. The van der Waals surface area contributed by atoms with Crippen LogP contribution in [0, 0.1) is 0 Å². The summed E-state index contributed by atoms with van der Waals surface area (Å²) in [6.45, 7) is 3.62. The van der Waals surface area contributed by atoms with Crippen molar-refractivity contribution in [3.8, 4) is 5.75 Å². The smallest absolute Gasteiger partial charge is 0.124 e. The van der Waals surface area contributed by atoms with Gasteiger partial charge in [0.1, 0.15) is 12.4 Å². The maximum Gasteiger partial charge on any atom is 0.124 e. The van der Waals surface area contributed by atoms with Gasteiger partial charge in [0.15, 0.2) is 0 Å². The van der Waals surface area contributed by atoms with Crippen molar-refractivity contribution in [2.45, 2.75) is 39.0 Å². The first-order chi connectivity index (χ1) is 13.2. The molecule has 0 fully saturated rings. The summed E-state index contributed by atoms with van der Waals surface area (Å²) in [5, 5.41) is 3.63. The average molecular weight is 424 g/mol. The molecule has 0 bridgehead atoms. The predicted octanol–water partition coefficient (Wildman–Crippen LogP) is 6.14. The van der Waals surface area contributed by atoms with Crippen molar-refractivity contribution in [3.63, 3.8) is 0 Å². The predicted molar refractivity (Wildman–Crippen MR) is 116 cm³/mol. The molecule has 1 atom stereocenters. The molecule has 0 saturated heterocycles. The fraction of sp³-hybridized carbons (Fsp3) is 0.250. The fourth-order valence-electron chi connectivity index (χ4n) is 2.98. The van der Waals surface area contributed by atoms with Gasteiger partial charge in [-0.2, -0.15) is 0 Å². The molecule has 0 saturated carbocycles. The number of hydrogen-bond donors (Lipinski definition) is 1. The molecule has 1 N–H and O–H groups in total. The Labute approximate surface area is 170 Å². The summed E-state index contributed by atoms with van der Waals surface area (Å²) in [7, 11) is 0. The van der Waals surface area contributed by atoms with Crippen molar-refractivity contribution < 1.29 is 4.74 Å². The first kappa shape index (κ1) is 19.7. The molecule has 0 amide bonds. The van der Waals surface area contributed by atoms with E-state index < -0.39 is 0 Å². The molecule has 0 spiro atoms. The molecule has 0 aliphatic rings. The molecule has 3 aromatic carbocycles. The molecule has 0 heterocycles. The SMILES string of the molecule is C[C@@H](CCc1ccccc1)NCc1cc(Br)ccc1OCc1ccccc1. The van der Waals surface area contributed by atoms with Crippen LogP contribution in [-0.2, 0) is 19.6 Å². The Morgan fingerprint density at radius 3 is 2.26 bits per heavy atom. The first-order valence-corrected chi connectivity index (χ1v) is 10.2. The lowest BCUT2D eigenvalue weighted by Crippen LogP contribution is -2.26. The molecule has 3 aromatic rings. The zero-order chi connectivity index (χ0) is 18.9. The van der Waals surface area contributed by atoms with Gasteiger partial charge in [-0.1, -0.05) is 76.6 Å². The second-order valence-corrected chi connectivity index (χ2v) is 7.75. The van der Waals surface area contributed by atoms with E-state index in [2.05, 4.69) is 76.7 Å². The van der Waals surface area contributed by atoms with Crippen LogP contribution in [0.25, 0.3) is 0 Å². The maximum absolute atomic E-state index is 6.08. The number of halogens is 1. The van der Waals surface area contributed by atoms with Crippen LogP contribution in [0.1, 0.15) is 30.0 Å². The average Bonchev–Trinajstić information content (AvgIpc) is 2.71. The molecule has 0 aliphatic heterocycles. The second-order valence-electron chi connectivity index (χ2n) is 6.83. The molecule has 0 aromatic heterocycles. The van der Waals surface area contributed by atoms with Crippen molar-refractivity contribution >= 4 is 15.9 Å². The highest BCUT2D eigenvalue weighted by atomic mass is 79.9. The number of ether oxygens (including phenoxy) is 1. The lowest BCUT2D eigenvalue weighted by atomic mass is 10.1. The highest BCUT2D eigenvalue weighted by molar-refractivity contribution is 9.10. The number of rotatable bonds is 9. The molecule has 2 nitrogen and oxygen atoms in total. The third-order valence-corrected chi connectivity index (χ3v) is 5.10.